The lowest BCUT2D eigenvalue weighted by atomic mass is 10.2. The maximum Gasteiger partial charge on any atom is 0.414 e. The fourth-order valence-electron chi connectivity index (χ4n) is 3.16. The number of ether oxygens (including phenoxy) is 1. The fraction of sp³-hybridized carbons (Fsp3) is 0.562. The fourth-order valence-corrected chi connectivity index (χ4v) is 4.54. The Labute approximate surface area is 130 Å². The van der Waals surface area contributed by atoms with Gasteiger partial charge in [-0.25, -0.2) is 4.79 Å². The molecule has 0 unspecified atom stereocenters. The van der Waals surface area contributed by atoms with Crippen LogP contribution >= 0.6 is 11.8 Å². The van der Waals surface area contributed by atoms with Crippen LogP contribution in [-0.4, -0.2) is 53.8 Å². The molecular formula is C16H22N2O2S. The Balaban J connectivity index is 1.60. The van der Waals surface area contributed by atoms with E-state index in [9.17, 15) is 4.79 Å². The summed E-state index contributed by atoms with van der Waals surface area (Å²) in [5, 5.41) is 1.30. The highest BCUT2D eigenvalue weighted by atomic mass is 32.2. The number of cyclic esters (lactones) is 1. The molecule has 1 aromatic rings. The zero-order valence-corrected chi connectivity index (χ0v) is 13.4. The predicted octanol–water partition coefficient (Wildman–Crippen LogP) is 2.84. The van der Waals surface area contributed by atoms with Gasteiger partial charge in [-0.15, -0.1) is 0 Å². The summed E-state index contributed by atoms with van der Waals surface area (Å²) in [6, 6.07) is 9.75. The van der Waals surface area contributed by atoms with Gasteiger partial charge in [-0.1, -0.05) is 32.0 Å². The van der Waals surface area contributed by atoms with Crippen molar-refractivity contribution in [2.45, 2.75) is 30.5 Å². The van der Waals surface area contributed by atoms with Crippen molar-refractivity contribution >= 4 is 23.5 Å². The summed E-state index contributed by atoms with van der Waals surface area (Å²) < 4.78 is 5.54. The molecule has 1 amide bonds. The van der Waals surface area contributed by atoms with E-state index in [2.05, 4.69) is 18.7 Å². The number of hydrogen-bond acceptors (Lipinski definition) is 4. The summed E-state index contributed by atoms with van der Waals surface area (Å²) in [7, 11) is 0. The number of nitrogens with zero attached hydrogens (tertiary/aromatic N) is 2. The minimum Gasteiger partial charge on any atom is -0.443 e. The lowest BCUT2D eigenvalue weighted by molar-refractivity contribution is 0.108. The van der Waals surface area contributed by atoms with E-state index in [1.54, 1.807) is 4.90 Å². The van der Waals surface area contributed by atoms with Crippen LogP contribution in [0.5, 0.6) is 0 Å². The SMILES string of the molecule is C[C@@H]1CN(C[C@@H]2CN(c3ccccc3)C(=O)O2)C[C@@H](C)S1. The number of para-hydroxylation sites is 1. The zero-order chi connectivity index (χ0) is 14.8. The van der Waals surface area contributed by atoms with E-state index in [1.165, 1.54) is 0 Å². The monoisotopic (exact) mass is 306 g/mol. The summed E-state index contributed by atoms with van der Waals surface area (Å²) >= 11 is 2.04. The van der Waals surface area contributed by atoms with E-state index < -0.39 is 0 Å². The van der Waals surface area contributed by atoms with Crippen molar-refractivity contribution in [1.82, 2.24) is 4.90 Å². The summed E-state index contributed by atoms with van der Waals surface area (Å²) in [5.41, 5.74) is 0.918. The maximum absolute atomic E-state index is 12.0. The van der Waals surface area contributed by atoms with Crippen LogP contribution in [0, 0.1) is 0 Å². The quantitative estimate of drug-likeness (QED) is 0.860. The first-order valence-corrected chi connectivity index (χ1v) is 8.47. The molecule has 0 N–H and O–H groups in total. The third-order valence-corrected chi connectivity index (χ3v) is 5.13. The van der Waals surface area contributed by atoms with E-state index in [0.717, 1.165) is 25.3 Å². The Kier molecular flexibility index (Phi) is 4.40. The van der Waals surface area contributed by atoms with Gasteiger partial charge in [0.2, 0.25) is 0 Å². The molecule has 114 valence electrons. The van der Waals surface area contributed by atoms with E-state index in [0.29, 0.717) is 17.0 Å². The van der Waals surface area contributed by atoms with Crippen molar-refractivity contribution in [2.75, 3.05) is 31.1 Å². The van der Waals surface area contributed by atoms with Gasteiger partial charge >= 0.3 is 6.09 Å². The Morgan fingerprint density at radius 2 is 1.81 bits per heavy atom. The van der Waals surface area contributed by atoms with Crippen molar-refractivity contribution in [2.24, 2.45) is 0 Å². The Morgan fingerprint density at radius 3 is 2.48 bits per heavy atom. The molecule has 3 rings (SSSR count). The molecule has 0 spiro atoms. The second kappa shape index (κ2) is 6.28. The highest BCUT2D eigenvalue weighted by Crippen LogP contribution is 2.26. The Bertz CT molecular complexity index is 486. The van der Waals surface area contributed by atoms with E-state index in [-0.39, 0.29) is 12.2 Å². The summed E-state index contributed by atoms with van der Waals surface area (Å²) in [6.45, 7) is 8.18. The number of thioether (sulfide) groups is 1. The summed E-state index contributed by atoms with van der Waals surface area (Å²) in [6.07, 6.45) is -0.251. The Morgan fingerprint density at radius 1 is 1.14 bits per heavy atom. The van der Waals surface area contributed by atoms with Crippen LogP contribution in [0.3, 0.4) is 0 Å². The van der Waals surface area contributed by atoms with Crippen LogP contribution in [0.15, 0.2) is 30.3 Å². The highest BCUT2D eigenvalue weighted by molar-refractivity contribution is 8.00. The molecule has 4 nitrogen and oxygen atoms in total. The molecule has 2 heterocycles. The molecule has 2 fully saturated rings. The second-order valence-electron chi connectivity index (χ2n) is 5.93. The van der Waals surface area contributed by atoms with Crippen LogP contribution in [-0.2, 0) is 4.74 Å². The molecule has 21 heavy (non-hydrogen) atoms. The van der Waals surface area contributed by atoms with Crippen molar-refractivity contribution in [3.05, 3.63) is 30.3 Å². The second-order valence-corrected chi connectivity index (χ2v) is 7.81. The molecule has 3 atom stereocenters. The highest BCUT2D eigenvalue weighted by Gasteiger charge is 2.34. The number of anilines is 1. The number of amides is 1. The normalized spacial score (nSPS) is 30.5. The average molecular weight is 306 g/mol. The minimum absolute atomic E-state index is 0.0276. The van der Waals surface area contributed by atoms with Crippen molar-refractivity contribution in [3.8, 4) is 0 Å². The lowest BCUT2D eigenvalue weighted by Crippen LogP contribution is -2.44. The smallest absolute Gasteiger partial charge is 0.414 e. The average Bonchev–Trinajstić information content (AvgIpc) is 2.79. The number of carbonyl (C=O) groups excluding carboxylic acids is 1. The molecule has 1 aromatic carbocycles. The summed E-state index contributed by atoms with van der Waals surface area (Å²) in [5.74, 6) is 0. The van der Waals surface area contributed by atoms with Gasteiger partial charge in [0.05, 0.1) is 6.54 Å². The first-order chi connectivity index (χ1) is 10.1. The van der Waals surface area contributed by atoms with Gasteiger partial charge in [0.1, 0.15) is 6.10 Å². The number of benzene rings is 1. The van der Waals surface area contributed by atoms with E-state index >= 15 is 0 Å². The first-order valence-electron chi connectivity index (χ1n) is 7.53. The molecule has 0 aromatic heterocycles. The maximum atomic E-state index is 12.0. The molecule has 2 saturated heterocycles. The predicted molar refractivity (Wildman–Crippen MR) is 87.0 cm³/mol. The van der Waals surface area contributed by atoms with Crippen LogP contribution in [0.4, 0.5) is 10.5 Å². The number of hydrogen-bond donors (Lipinski definition) is 0. The van der Waals surface area contributed by atoms with Gasteiger partial charge in [0.25, 0.3) is 0 Å². The summed E-state index contributed by atoms with van der Waals surface area (Å²) in [4.78, 5) is 16.2. The largest absolute Gasteiger partial charge is 0.443 e. The van der Waals surface area contributed by atoms with Crippen LogP contribution in [0.1, 0.15) is 13.8 Å². The van der Waals surface area contributed by atoms with Gasteiger partial charge in [0.15, 0.2) is 0 Å². The molecule has 2 aliphatic rings. The molecule has 0 bridgehead atoms. The molecule has 0 radical (unpaired) electrons. The number of rotatable bonds is 3. The van der Waals surface area contributed by atoms with Crippen molar-refractivity contribution in [1.29, 1.82) is 0 Å². The molecule has 2 aliphatic heterocycles. The van der Waals surface area contributed by atoms with Gasteiger partial charge in [-0.3, -0.25) is 9.80 Å². The standard InChI is InChI=1S/C16H22N2O2S/c1-12-8-17(9-13(2)21-12)10-15-11-18(16(19)20-15)14-6-4-3-5-7-14/h3-7,12-13,15H,8-11H2,1-2H3/t12-,13-,15-/m1/s1. The first kappa shape index (κ1) is 14.7. The van der Waals surface area contributed by atoms with E-state index in [1.807, 2.05) is 42.1 Å². The third-order valence-electron chi connectivity index (χ3n) is 3.90. The molecular weight excluding hydrogens is 284 g/mol. The minimum atomic E-state index is -0.223. The topological polar surface area (TPSA) is 32.8 Å². The van der Waals surface area contributed by atoms with Gasteiger partial charge < -0.3 is 4.74 Å². The van der Waals surface area contributed by atoms with Crippen LogP contribution in [0.2, 0.25) is 0 Å². The Hall–Kier alpha value is -1.20. The van der Waals surface area contributed by atoms with Gasteiger partial charge in [-0.2, -0.15) is 11.8 Å². The van der Waals surface area contributed by atoms with Crippen molar-refractivity contribution in [3.63, 3.8) is 0 Å². The number of carbonyl (C=O) groups is 1. The third kappa shape index (κ3) is 3.52. The lowest BCUT2D eigenvalue weighted by Gasteiger charge is -2.35. The molecule has 5 heteroatoms. The van der Waals surface area contributed by atoms with Gasteiger partial charge in [-0.05, 0) is 12.1 Å². The van der Waals surface area contributed by atoms with E-state index in [4.69, 9.17) is 4.74 Å². The van der Waals surface area contributed by atoms with Crippen LogP contribution < -0.4 is 4.90 Å². The molecule has 0 saturated carbocycles. The van der Waals surface area contributed by atoms with Crippen LogP contribution in [0.25, 0.3) is 0 Å². The zero-order valence-electron chi connectivity index (χ0n) is 12.6. The van der Waals surface area contributed by atoms with Gasteiger partial charge in [0, 0.05) is 35.8 Å². The molecule has 0 aliphatic carbocycles. The van der Waals surface area contributed by atoms with Crippen molar-refractivity contribution < 1.29 is 9.53 Å².